The fourth-order valence-electron chi connectivity index (χ4n) is 1.34. The van der Waals surface area contributed by atoms with Gasteiger partial charge in [0.1, 0.15) is 11.6 Å². The lowest BCUT2D eigenvalue weighted by Crippen LogP contribution is -2.27. The second kappa shape index (κ2) is 5.88. The maximum absolute atomic E-state index is 13.3. The van der Waals surface area contributed by atoms with E-state index in [-0.39, 0.29) is 5.69 Å². The molecule has 2 N–H and O–H groups in total. The first-order valence-corrected chi connectivity index (χ1v) is 6.46. The Morgan fingerprint density at radius 3 is 2.78 bits per heavy atom. The molecule has 18 heavy (non-hydrogen) atoms. The number of hydrogen-bond donors (Lipinski definition) is 2. The first-order valence-electron chi connectivity index (χ1n) is 5.17. The van der Waals surface area contributed by atoms with Crippen molar-refractivity contribution in [1.82, 2.24) is 5.32 Å². The van der Waals surface area contributed by atoms with Crippen LogP contribution in [0.5, 0.6) is 0 Å². The summed E-state index contributed by atoms with van der Waals surface area (Å²) in [7, 11) is 0. The lowest BCUT2D eigenvalue weighted by atomic mass is 10.3. The van der Waals surface area contributed by atoms with Gasteiger partial charge in [0.05, 0.1) is 12.2 Å². The molecule has 0 spiro atoms. The fraction of sp³-hybridized carbons (Fsp3) is 0.0833. The van der Waals surface area contributed by atoms with Crippen molar-refractivity contribution in [3.8, 4) is 0 Å². The number of rotatable bonds is 3. The van der Waals surface area contributed by atoms with Crippen LogP contribution in [0.1, 0.15) is 4.88 Å². The molecule has 0 aliphatic rings. The molecule has 0 unspecified atom stereocenters. The third kappa shape index (κ3) is 3.48. The van der Waals surface area contributed by atoms with E-state index in [1.54, 1.807) is 11.3 Å². The normalized spacial score (nSPS) is 10.1. The highest BCUT2D eigenvalue weighted by Gasteiger charge is 2.05. The molecule has 0 saturated heterocycles. The highest BCUT2D eigenvalue weighted by molar-refractivity contribution is 7.80. The molecule has 0 bridgehead atoms. The van der Waals surface area contributed by atoms with Gasteiger partial charge in [-0.2, -0.15) is 0 Å². The molecular formula is C12H10F2N2S2. The standard InChI is InChI=1S/C12H10F2N2S2/c13-8-3-4-11(10(14)6-8)16-12(17)15-7-9-2-1-5-18-9/h1-6H,7H2,(H2,15,16,17). The van der Waals surface area contributed by atoms with E-state index in [0.29, 0.717) is 11.7 Å². The van der Waals surface area contributed by atoms with Crippen LogP contribution in [0, 0.1) is 11.6 Å². The lowest BCUT2D eigenvalue weighted by molar-refractivity contribution is 0.586. The highest BCUT2D eigenvalue weighted by atomic mass is 32.1. The minimum atomic E-state index is -0.671. The first-order chi connectivity index (χ1) is 8.65. The molecule has 0 atom stereocenters. The number of anilines is 1. The van der Waals surface area contributed by atoms with E-state index in [2.05, 4.69) is 10.6 Å². The van der Waals surface area contributed by atoms with Gasteiger partial charge in [-0.1, -0.05) is 6.07 Å². The van der Waals surface area contributed by atoms with Gasteiger partial charge in [0.2, 0.25) is 0 Å². The Hall–Kier alpha value is -1.53. The summed E-state index contributed by atoms with van der Waals surface area (Å²) < 4.78 is 26.0. The van der Waals surface area contributed by atoms with E-state index in [1.165, 1.54) is 12.1 Å². The second-order valence-corrected chi connectivity index (χ2v) is 4.95. The molecule has 0 radical (unpaired) electrons. The zero-order chi connectivity index (χ0) is 13.0. The van der Waals surface area contributed by atoms with Crippen molar-refractivity contribution in [2.24, 2.45) is 0 Å². The third-order valence-electron chi connectivity index (χ3n) is 2.18. The molecule has 0 fully saturated rings. The van der Waals surface area contributed by atoms with Gasteiger partial charge in [-0.3, -0.25) is 0 Å². The van der Waals surface area contributed by atoms with Crippen molar-refractivity contribution in [3.63, 3.8) is 0 Å². The minimum Gasteiger partial charge on any atom is -0.358 e. The number of hydrogen-bond acceptors (Lipinski definition) is 2. The fourth-order valence-corrected chi connectivity index (χ4v) is 2.16. The van der Waals surface area contributed by atoms with Crippen LogP contribution < -0.4 is 10.6 Å². The van der Waals surface area contributed by atoms with Gasteiger partial charge in [-0.15, -0.1) is 11.3 Å². The average molecular weight is 284 g/mol. The summed E-state index contributed by atoms with van der Waals surface area (Å²) in [6, 6.07) is 7.21. The molecule has 1 aromatic heterocycles. The highest BCUT2D eigenvalue weighted by Crippen LogP contribution is 2.15. The van der Waals surface area contributed by atoms with Crippen molar-refractivity contribution in [1.29, 1.82) is 0 Å². The van der Waals surface area contributed by atoms with Crippen molar-refractivity contribution in [3.05, 3.63) is 52.2 Å². The monoisotopic (exact) mass is 284 g/mol. The molecule has 1 heterocycles. The van der Waals surface area contributed by atoms with Crippen LogP contribution in [-0.2, 0) is 6.54 Å². The topological polar surface area (TPSA) is 24.1 Å². The third-order valence-corrected chi connectivity index (χ3v) is 3.31. The van der Waals surface area contributed by atoms with Crippen LogP contribution >= 0.6 is 23.6 Å². The van der Waals surface area contributed by atoms with Crippen LogP contribution in [0.25, 0.3) is 0 Å². The molecule has 94 valence electrons. The molecular weight excluding hydrogens is 274 g/mol. The summed E-state index contributed by atoms with van der Waals surface area (Å²) in [4.78, 5) is 1.12. The van der Waals surface area contributed by atoms with Crippen molar-refractivity contribution >= 4 is 34.4 Å². The Morgan fingerprint density at radius 2 is 2.11 bits per heavy atom. The van der Waals surface area contributed by atoms with Crippen molar-refractivity contribution < 1.29 is 8.78 Å². The van der Waals surface area contributed by atoms with E-state index in [9.17, 15) is 8.78 Å². The second-order valence-electron chi connectivity index (χ2n) is 3.51. The first kappa shape index (κ1) is 12.9. The summed E-state index contributed by atoms with van der Waals surface area (Å²) in [5, 5.41) is 7.89. The Kier molecular flexibility index (Phi) is 4.22. The summed E-state index contributed by atoms with van der Waals surface area (Å²) >= 11 is 6.63. The van der Waals surface area contributed by atoms with Crippen LogP contribution in [0.15, 0.2) is 35.7 Å². The van der Waals surface area contributed by atoms with Gasteiger partial charge in [-0.05, 0) is 35.8 Å². The molecule has 0 aliphatic carbocycles. The van der Waals surface area contributed by atoms with Gasteiger partial charge in [0.15, 0.2) is 5.11 Å². The lowest BCUT2D eigenvalue weighted by Gasteiger charge is -2.10. The maximum Gasteiger partial charge on any atom is 0.171 e. The van der Waals surface area contributed by atoms with Crippen molar-refractivity contribution in [2.75, 3.05) is 5.32 Å². The molecule has 2 aromatic rings. The minimum absolute atomic E-state index is 0.153. The number of thiocarbonyl (C=S) groups is 1. The Morgan fingerprint density at radius 1 is 1.28 bits per heavy atom. The Labute approximate surface area is 113 Å². The SMILES string of the molecule is Fc1ccc(NC(=S)NCc2cccs2)c(F)c1. The molecule has 2 rings (SSSR count). The number of halogens is 2. The van der Waals surface area contributed by atoms with Gasteiger partial charge >= 0.3 is 0 Å². The molecule has 6 heteroatoms. The van der Waals surface area contributed by atoms with Crippen LogP contribution in [0.3, 0.4) is 0 Å². The van der Waals surface area contributed by atoms with Gasteiger partial charge in [0.25, 0.3) is 0 Å². The largest absolute Gasteiger partial charge is 0.358 e. The quantitative estimate of drug-likeness (QED) is 0.843. The smallest absolute Gasteiger partial charge is 0.171 e. The van der Waals surface area contributed by atoms with Crippen LogP contribution in [0.2, 0.25) is 0 Å². The number of thiophene rings is 1. The summed E-state index contributed by atoms with van der Waals surface area (Å²) in [6.45, 7) is 0.576. The molecule has 0 saturated carbocycles. The van der Waals surface area contributed by atoms with Crippen LogP contribution in [0.4, 0.5) is 14.5 Å². The van der Waals surface area contributed by atoms with Gasteiger partial charge < -0.3 is 10.6 Å². The summed E-state index contributed by atoms with van der Waals surface area (Å²) in [6.07, 6.45) is 0. The summed E-state index contributed by atoms with van der Waals surface area (Å²) in [5.41, 5.74) is 0.153. The van der Waals surface area contributed by atoms with E-state index < -0.39 is 11.6 Å². The molecule has 2 nitrogen and oxygen atoms in total. The van der Waals surface area contributed by atoms with E-state index >= 15 is 0 Å². The molecule has 0 aliphatic heterocycles. The van der Waals surface area contributed by atoms with E-state index in [1.807, 2.05) is 17.5 Å². The van der Waals surface area contributed by atoms with E-state index in [0.717, 1.165) is 10.9 Å². The predicted octanol–water partition coefficient (Wildman–Crippen LogP) is 3.51. The van der Waals surface area contributed by atoms with Gasteiger partial charge in [0, 0.05) is 10.9 Å². The van der Waals surface area contributed by atoms with Crippen molar-refractivity contribution in [2.45, 2.75) is 6.54 Å². The predicted molar refractivity (Wildman–Crippen MR) is 73.7 cm³/mol. The Bertz CT molecular complexity index is 541. The van der Waals surface area contributed by atoms with Crippen LogP contribution in [-0.4, -0.2) is 5.11 Å². The molecule has 1 aromatic carbocycles. The molecule has 0 amide bonds. The van der Waals surface area contributed by atoms with Gasteiger partial charge in [-0.25, -0.2) is 8.78 Å². The summed E-state index contributed by atoms with van der Waals surface area (Å²) in [5.74, 6) is -1.29. The number of benzene rings is 1. The zero-order valence-corrected chi connectivity index (χ0v) is 10.9. The number of nitrogens with one attached hydrogen (secondary N) is 2. The Balaban J connectivity index is 1.91. The zero-order valence-electron chi connectivity index (χ0n) is 9.24. The average Bonchev–Trinajstić information content (AvgIpc) is 2.83. The maximum atomic E-state index is 13.3. The van der Waals surface area contributed by atoms with E-state index in [4.69, 9.17) is 12.2 Å².